The van der Waals surface area contributed by atoms with Gasteiger partial charge in [0.2, 0.25) is 0 Å². The van der Waals surface area contributed by atoms with E-state index in [9.17, 15) is 0 Å². The summed E-state index contributed by atoms with van der Waals surface area (Å²) in [6, 6.07) is 8.71. The van der Waals surface area contributed by atoms with Crippen LogP contribution in [0.2, 0.25) is 0 Å². The summed E-state index contributed by atoms with van der Waals surface area (Å²) in [5, 5.41) is 3.56. The van der Waals surface area contributed by atoms with Crippen LogP contribution in [0.4, 0.5) is 0 Å². The van der Waals surface area contributed by atoms with Gasteiger partial charge < -0.3 is 10.1 Å². The van der Waals surface area contributed by atoms with E-state index in [-0.39, 0.29) is 6.10 Å². The molecule has 104 valence electrons. The van der Waals surface area contributed by atoms with Gasteiger partial charge in [-0.2, -0.15) is 0 Å². The maximum Gasteiger partial charge on any atom is 0.133 e. The minimum atomic E-state index is 0.249. The highest BCUT2D eigenvalue weighted by Gasteiger charge is 2.27. The number of nitrogens with one attached hydrogen (secondary N) is 1. The number of thioether (sulfide) groups is 1. The predicted molar refractivity (Wildman–Crippen MR) is 83.1 cm³/mol. The van der Waals surface area contributed by atoms with E-state index in [1.165, 1.54) is 10.5 Å². The second-order valence-electron chi connectivity index (χ2n) is 5.07. The van der Waals surface area contributed by atoms with E-state index in [0.717, 1.165) is 30.9 Å². The lowest BCUT2D eigenvalue weighted by Gasteiger charge is -2.32. The Hall–Kier alpha value is -0.930. The van der Waals surface area contributed by atoms with Gasteiger partial charge >= 0.3 is 0 Å². The molecular formula is C16H23NOS. The Morgan fingerprint density at radius 1 is 1.53 bits per heavy atom. The van der Waals surface area contributed by atoms with Crippen molar-refractivity contribution in [3.63, 3.8) is 0 Å². The Labute approximate surface area is 120 Å². The summed E-state index contributed by atoms with van der Waals surface area (Å²) in [5.74, 6) is 2.05. The highest BCUT2D eigenvalue weighted by molar-refractivity contribution is 7.99. The monoisotopic (exact) mass is 277 g/mol. The van der Waals surface area contributed by atoms with Crippen LogP contribution in [0.5, 0.6) is 5.75 Å². The van der Waals surface area contributed by atoms with Crippen molar-refractivity contribution in [2.75, 3.05) is 12.3 Å². The van der Waals surface area contributed by atoms with Crippen LogP contribution in [0.25, 0.3) is 0 Å². The molecule has 1 aliphatic heterocycles. The fourth-order valence-electron chi connectivity index (χ4n) is 2.32. The van der Waals surface area contributed by atoms with Crippen LogP contribution in [-0.4, -0.2) is 24.4 Å². The Morgan fingerprint density at radius 2 is 2.32 bits per heavy atom. The third-order valence-corrected chi connectivity index (χ3v) is 4.47. The molecular weight excluding hydrogens is 254 g/mol. The van der Waals surface area contributed by atoms with Crippen molar-refractivity contribution in [1.29, 1.82) is 0 Å². The van der Waals surface area contributed by atoms with Gasteiger partial charge in [-0.1, -0.05) is 24.6 Å². The van der Waals surface area contributed by atoms with Gasteiger partial charge in [-0.05, 0) is 38.4 Å². The first kappa shape index (κ1) is 14.5. The van der Waals surface area contributed by atoms with Crippen LogP contribution in [0.3, 0.4) is 0 Å². The second-order valence-corrected chi connectivity index (χ2v) is 6.14. The van der Waals surface area contributed by atoms with Crippen LogP contribution < -0.4 is 10.1 Å². The molecule has 2 nitrogen and oxygen atoms in total. The third-order valence-electron chi connectivity index (χ3n) is 3.33. The van der Waals surface area contributed by atoms with Gasteiger partial charge in [-0.15, -0.1) is 18.3 Å². The first-order chi connectivity index (χ1) is 9.20. The smallest absolute Gasteiger partial charge is 0.133 e. The van der Waals surface area contributed by atoms with Gasteiger partial charge in [0.15, 0.2) is 0 Å². The Bertz CT molecular complexity index is 433. The molecule has 0 bridgehead atoms. The zero-order chi connectivity index (χ0) is 13.7. The highest BCUT2D eigenvalue weighted by Crippen LogP contribution is 2.36. The molecule has 0 aliphatic carbocycles. The van der Waals surface area contributed by atoms with Crippen molar-refractivity contribution in [1.82, 2.24) is 5.32 Å². The zero-order valence-electron chi connectivity index (χ0n) is 11.8. The molecule has 2 unspecified atom stereocenters. The standard InChI is InChI=1S/C16H23NOS/c1-4-17-13(10-9-12(2)3)15-11-19-16-8-6-5-7-14(16)18-15/h5-8,13,15,17H,2,4,9-11H2,1,3H3. The summed E-state index contributed by atoms with van der Waals surface area (Å²) in [7, 11) is 0. The molecule has 19 heavy (non-hydrogen) atoms. The van der Waals surface area contributed by atoms with E-state index in [2.05, 4.69) is 43.9 Å². The minimum absolute atomic E-state index is 0.249. The lowest BCUT2D eigenvalue weighted by Crippen LogP contribution is -2.45. The molecule has 0 amide bonds. The molecule has 0 spiro atoms. The number of rotatable bonds is 6. The molecule has 0 radical (unpaired) electrons. The summed E-state index contributed by atoms with van der Waals surface area (Å²) in [4.78, 5) is 1.26. The number of hydrogen-bond acceptors (Lipinski definition) is 3. The summed E-state index contributed by atoms with van der Waals surface area (Å²) >= 11 is 1.90. The molecule has 0 saturated heterocycles. The maximum atomic E-state index is 6.17. The van der Waals surface area contributed by atoms with Gasteiger partial charge in [0.05, 0.1) is 0 Å². The third kappa shape index (κ3) is 4.02. The average Bonchev–Trinajstić information content (AvgIpc) is 2.42. The SMILES string of the molecule is C=C(C)CCC(NCC)C1CSc2ccccc2O1. The summed E-state index contributed by atoms with van der Waals surface area (Å²) < 4.78 is 6.17. The van der Waals surface area contributed by atoms with Crippen molar-refractivity contribution >= 4 is 11.8 Å². The largest absolute Gasteiger partial charge is 0.487 e. The molecule has 1 aliphatic rings. The summed E-state index contributed by atoms with van der Waals surface area (Å²) in [6.07, 6.45) is 2.40. The Kier molecular flexibility index (Phi) is 5.34. The molecule has 1 aromatic carbocycles. The first-order valence-electron chi connectivity index (χ1n) is 6.97. The fraction of sp³-hybridized carbons (Fsp3) is 0.500. The van der Waals surface area contributed by atoms with Gasteiger partial charge in [0.25, 0.3) is 0 Å². The summed E-state index contributed by atoms with van der Waals surface area (Å²) in [5.41, 5.74) is 1.24. The van der Waals surface area contributed by atoms with E-state index in [4.69, 9.17) is 4.74 Å². The normalized spacial score (nSPS) is 19.4. The van der Waals surface area contributed by atoms with Crippen LogP contribution in [0, 0.1) is 0 Å². The summed E-state index contributed by atoms with van der Waals surface area (Å²) in [6.45, 7) is 9.22. The molecule has 1 N–H and O–H groups in total. The lowest BCUT2D eigenvalue weighted by molar-refractivity contribution is 0.161. The molecule has 1 aromatic rings. The first-order valence-corrected chi connectivity index (χ1v) is 7.95. The van der Waals surface area contributed by atoms with Gasteiger partial charge in [-0.25, -0.2) is 0 Å². The number of likely N-dealkylation sites (N-methyl/N-ethyl adjacent to an activating group) is 1. The van der Waals surface area contributed by atoms with Crippen molar-refractivity contribution in [2.24, 2.45) is 0 Å². The van der Waals surface area contributed by atoms with Crippen LogP contribution in [0.1, 0.15) is 26.7 Å². The van der Waals surface area contributed by atoms with E-state index in [0.29, 0.717) is 6.04 Å². The van der Waals surface area contributed by atoms with E-state index in [1.807, 2.05) is 17.8 Å². The highest BCUT2D eigenvalue weighted by atomic mass is 32.2. The topological polar surface area (TPSA) is 21.3 Å². The molecule has 2 atom stereocenters. The molecule has 3 heteroatoms. The van der Waals surface area contributed by atoms with Crippen molar-refractivity contribution < 1.29 is 4.74 Å². The molecule has 0 aromatic heterocycles. The lowest BCUT2D eigenvalue weighted by atomic mass is 10.0. The second kappa shape index (κ2) is 7.01. The van der Waals surface area contributed by atoms with Crippen molar-refractivity contribution in [2.45, 2.75) is 43.7 Å². The number of fused-ring (bicyclic) bond motifs is 1. The van der Waals surface area contributed by atoms with E-state index >= 15 is 0 Å². The van der Waals surface area contributed by atoms with Crippen LogP contribution in [0.15, 0.2) is 41.3 Å². The number of hydrogen-bond donors (Lipinski definition) is 1. The van der Waals surface area contributed by atoms with Crippen molar-refractivity contribution in [3.8, 4) is 5.75 Å². The number of para-hydroxylation sites is 1. The zero-order valence-corrected chi connectivity index (χ0v) is 12.6. The Balaban J connectivity index is 2.01. The van der Waals surface area contributed by atoms with E-state index in [1.54, 1.807) is 0 Å². The van der Waals surface area contributed by atoms with Gasteiger partial charge in [0, 0.05) is 16.7 Å². The van der Waals surface area contributed by atoms with Crippen LogP contribution >= 0.6 is 11.8 Å². The molecule has 0 saturated carbocycles. The number of ether oxygens (including phenoxy) is 1. The van der Waals surface area contributed by atoms with Crippen LogP contribution in [-0.2, 0) is 0 Å². The minimum Gasteiger partial charge on any atom is -0.487 e. The number of allylic oxidation sites excluding steroid dienone is 1. The quantitative estimate of drug-likeness (QED) is 0.797. The van der Waals surface area contributed by atoms with Gasteiger partial charge in [-0.3, -0.25) is 0 Å². The molecule has 0 fully saturated rings. The molecule has 2 rings (SSSR count). The van der Waals surface area contributed by atoms with E-state index < -0.39 is 0 Å². The Morgan fingerprint density at radius 3 is 3.05 bits per heavy atom. The average molecular weight is 277 g/mol. The van der Waals surface area contributed by atoms with Gasteiger partial charge in [0.1, 0.15) is 11.9 Å². The maximum absolute atomic E-state index is 6.17. The number of benzene rings is 1. The molecule has 1 heterocycles. The van der Waals surface area contributed by atoms with Crippen molar-refractivity contribution in [3.05, 3.63) is 36.4 Å². The fourth-order valence-corrected chi connectivity index (χ4v) is 3.39. The predicted octanol–water partition coefficient (Wildman–Crippen LogP) is 3.87.